The van der Waals surface area contributed by atoms with Crippen molar-refractivity contribution in [2.45, 2.75) is 13.5 Å². The molecule has 2 N–H and O–H groups in total. The fourth-order valence-electron chi connectivity index (χ4n) is 3.16. The van der Waals surface area contributed by atoms with Crippen molar-refractivity contribution in [2.24, 2.45) is 0 Å². The number of anilines is 2. The van der Waals surface area contributed by atoms with Gasteiger partial charge in [0.25, 0.3) is 5.91 Å². The average Bonchev–Trinajstić information content (AvgIpc) is 2.79. The number of nitrogens with zero attached hydrogens (tertiary/aromatic N) is 2. The molecule has 6 heteroatoms. The minimum absolute atomic E-state index is 0.158. The van der Waals surface area contributed by atoms with Crippen molar-refractivity contribution in [1.82, 2.24) is 15.3 Å². The monoisotopic (exact) mass is 412 g/mol. The van der Waals surface area contributed by atoms with Gasteiger partial charge in [-0.1, -0.05) is 42.5 Å². The standard InChI is InChI=1S/C25H21FN4O/c1-17-6-2-3-7-20(17)14-27-24(31)19-9-5-11-23(13-19)30-25-28-15-21(16-29-25)18-8-4-10-22(26)12-18/h2-13,15-16H,14H2,1H3,(H,27,31)(H,28,29,30). The second kappa shape index (κ2) is 9.17. The Balaban J connectivity index is 1.42. The van der Waals surface area contributed by atoms with E-state index in [0.29, 0.717) is 29.3 Å². The molecule has 4 rings (SSSR count). The zero-order valence-corrected chi connectivity index (χ0v) is 17.0. The molecule has 1 heterocycles. The van der Waals surface area contributed by atoms with E-state index in [2.05, 4.69) is 20.6 Å². The molecule has 0 aliphatic carbocycles. The number of halogens is 1. The normalized spacial score (nSPS) is 10.5. The third-order valence-electron chi connectivity index (χ3n) is 4.89. The molecule has 4 aromatic rings. The van der Waals surface area contributed by atoms with E-state index in [0.717, 1.165) is 16.7 Å². The molecule has 154 valence electrons. The lowest BCUT2D eigenvalue weighted by Gasteiger charge is -2.10. The van der Waals surface area contributed by atoms with Gasteiger partial charge in [0.2, 0.25) is 5.95 Å². The summed E-state index contributed by atoms with van der Waals surface area (Å²) in [5.74, 6) is -0.0795. The van der Waals surface area contributed by atoms with Crippen molar-refractivity contribution < 1.29 is 9.18 Å². The van der Waals surface area contributed by atoms with Crippen molar-refractivity contribution >= 4 is 17.5 Å². The number of hydrogen-bond donors (Lipinski definition) is 2. The summed E-state index contributed by atoms with van der Waals surface area (Å²) in [6.07, 6.45) is 3.26. The number of aryl methyl sites for hydroxylation is 1. The summed E-state index contributed by atoms with van der Waals surface area (Å²) in [5, 5.41) is 6.04. The van der Waals surface area contributed by atoms with Gasteiger partial charge in [-0.3, -0.25) is 4.79 Å². The largest absolute Gasteiger partial charge is 0.348 e. The predicted octanol–water partition coefficient (Wildman–Crippen LogP) is 5.26. The third-order valence-corrected chi connectivity index (χ3v) is 4.89. The van der Waals surface area contributed by atoms with Crippen LogP contribution < -0.4 is 10.6 Å². The Labute approximate surface area is 180 Å². The first-order valence-electron chi connectivity index (χ1n) is 9.86. The number of rotatable bonds is 6. The van der Waals surface area contributed by atoms with Crippen molar-refractivity contribution in [3.8, 4) is 11.1 Å². The van der Waals surface area contributed by atoms with Gasteiger partial charge < -0.3 is 10.6 Å². The molecular weight excluding hydrogens is 391 g/mol. The summed E-state index contributed by atoms with van der Waals surface area (Å²) in [5.41, 5.74) is 4.87. The first-order chi connectivity index (χ1) is 15.1. The van der Waals surface area contributed by atoms with Gasteiger partial charge in [-0.2, -0.15) is 0 Å². The first-order valence-corrected chi connectivity index (χ1v) is 9.86. The maximum atomic E-state index is 13.4. The smallest absolute Gasteiger partial charge is 0.251 e. The fraction of sp³-hybridized carbons (Fsp3) is 0.0800. The Morgan fingerprint density at radius 2 is 1.68 bits per heavy atom. The molecule has 0 saturated carbocycles. The van der Waals surface area contributed by atoms with Crippen LogP contribution in [0.25, 0.3) is 11.1 Å². The molecule has 0 atom stereocenters. The van der Waals surface area contributed by atoms with Crippen LogP contribution in [0.3, 0.4) is 0 Å². The van der Waals surface area contributed by atoms with Crippen molar-refractivity contribution in [2.75, 3.05) is 5.32 Å². The number of aromatic nitrogens is 2. The number of carbonyl (C=O) groups is 1. The molecule has 3 aromatic carbocycles. The molecule has 0 bridgehead atoms. The Bertz CT molecular complexity index is 1210. The van der Waals surface area contributed by atoms with E-state index in [-0.39, 0.29) is 11.7 Å². The number of amides is 1. The van der Waals surface area contributed by atoms with E-state index >= 15 is 0 Å². The topological polar surface area (TPSA) is 66.9 Å². The van der Waals surface area contributed by atoms with E-state index in [1.807, 2.05) is 37.3 Å². The van der Waals surface area contributed by atoms with E-state index in [4.69, 9.17) is 0 Å². The summed E-state index contributed by atoms with van der Waals surface area (Å²) in [7, 11) is 0. The zero-order chi connectivity index (χ0) is 21.6. The maximum Gasteiger partial charge on any atom is 0.251 e. The highest BCUT2D eigenvalue weighted by molar-refractivity contribution is 5.95. The fourth-order valence-corrected chi connectivity index (χ4v) is 3.16. The third kappa shape index (κ3) is 5.11. The van der Waals surface area contributed by atoms with Gasteiger partial charge in [-0.15, -0.1) is 0 Å². The molecule has 0 unspecified atom stereocenters. The quantitative estimate of drug-likeness (QED) is 0.453. The Morgan fingerprint density at radius 1 is 0.903 bits per heavy atom. The molecule has 0 aliphatic rings. The van der Waals surface area contributed by atoms with Crippen molar-refractivity contribution in [3.63, 3.8) is 0 Å². The van der Waals surface area contributed by atoms with E-state index in [1.54, 1.807) is 42.7 Å². The second-order valence-corrected chi connectivity index (χ2v) is 7.12. The Kier molecular flexibility index (Phi) is 5.98. The molecule has 0 fully saturated rings. The zero-order valence-electron chi connectivity index (χ0n) is 17.0. The molecule has 5 nitrogen and oxygen atoms in total. The van der Waals surface area contributed by atoms with Crippen LogP contribution in [0.2, 0.25) is 0 Å². The highest BCUT2D eigenvalue weighted by atomic mass is 19.1. The van der Waals surface area contributed by atoms with Crippen LogP contribution >= 0.6 is 0 Å². The number of carbonyl (C=O) groups excluding carboxylic acids is 1. The molecule has 1 aromatic heterocycles. The van der Waals surface area contributed by atoms with Gasteiger partial charge in [0.15, 0.2) is 0 Å². The Hall–Kier alpha value is -4.06. The highest BCUT2D eigenvalue weighted by Crippen LogP contribution is 2.20. The summed E-state index contributed by atoms with van der Waals surface area (Å²) in [6.45, 7) is 2.49. The molecule has 1 amide bonds. The highest BCUT2D eigenvalue weighted by Gasteiger charge is 2.08. The first kappa shape index (κ1) is 20.2. The SMILES string of the molecule is Cc1ccccc1CNC(=O)c1cccc(Nc2ncc(-c3cccc(F)c3)cn2)c1. The summed E-state index contributed by atoms with van der Waals surface area (Å²) < 4.78 is 13.4. The number of benzene rings is 3. The van der Waals surface area contributed by atoms with E-state index in [9.17, 15) is 9.18 Å². The van der Waals surface area contributed by atoms with Crippen molar-refractivity contribution in [1.29, 1.82) is 0 Å². The molecule has 0 saturated heterocycles. The van der Waals surface area contributed by atoms with Gasteiger partial charge in [0.1, 0.15) is 5.82 Å². The molecule has 0 spiro atoms. The summed E-state index contributed by atoms with van der Waals surface area (Å²) >= 11 is 0. The van der Waals surface area contributed by atoms with Gasteiger partial charge >= 0.3 is 0 Å². The minimum Gasteiger partial charge on any atom is -0.348 e. The predicted molar refractivity (Wildman–Crippen MR) is 119 cm³/mol. The van der Waals surface area contributed by atoms with Crippen LogP contribution in [0.1, 0.15) is 21.5 Å². The maximum absolute atomic E-state index is 13.4. The lowest BCUT2D eigenvalue weighted by molar-refractivity contribution is 0.0951. The van der Waals surface area contributed by atoms with Gasteiger partial charge in [-0.25, -0.2) is 14.4 Å². The Morgan fingerprint density at radius 3 is 2.45 bits per heavy atom. The summed E-state index contributed by atoms with van der Waals surface area (Å²) in [6, 6.07) is 21.4. The van der Waals surface area contributed by atoms with Crippen molar-refractivity contribution in [3.05, 3.63) is 108 Å². The minimum atomic E-state index is -0.308. The summed E-state index contributed by atoms with van der Waals surface area (Å²) in [4.78, 5) is 21.2. The van der Waals surface area contributed by atoms with Gasteiger partial charge in [0, 0.05) is 35.8 Å². The van der Waals surface area contributed by atoms with Gasteiger partial charge in [0.05, 0.1) is 0 Å². The second-order valence-electron chi connectivity index (χ2n) is 7.12. The van der Waals surface area contributed by atoms with Gasteiger partial charge in [-0.05, 0) is 53.9 Å². The van der Waals surface area contributed by atoms with Crippen LogP contribution in [0.15, 0.2) is 85.2 Å². The van der Waals surface area contributed by atoms with Crippen LogP contribution in [0, 0.1) is 12.7 Å². The molecule has 0 aliphatic heterocycles. The van der Waals surface area contributed by atoms with Crippen LogP contribution in [-0.2, 0) is 6.54 Å². The molecular formula is C25H21FN4O. The van der Waals surface area contributed by atoms with E-state index in [1.165, 1.54) is 12.1 Å². The van der Waals surface area contributed by atoms with Crippen LogP contribution in [0.4, 0.5) is 16.0 Å². The lowest BCUT2D eigenvalue weighted by Crippen LogP contribution is -2.23. The van der Waals surface area contributed by atoms with E-state index < -0.39 is 0 Å². The number of hydrogen-bond acceptors (Lipinski definition) is 4. The average molecular weight is 412 g/mol. The van der Waals surface area contributed by atoms with Crippen LogP contribution in [0.5, 0.6) is 0 Å². The molecule has 31 heavy (non-hydrogen) atoms. The number of nitrogens with one attached hydrogen (secondary N) is 2. The lowest BCUT2D eigenvalue weighted by atomic mass is 10.1. The molecule has 0 radical (unpaired) electrons. The van der Waals surface area contributed by atoms with Crippen LogP contribution in [-0.4, -0.2) is 15.9 Å².